The molecular formula is C60H64F6N10O8. The van der Waals surface area contributed by atoms with Gasteiger partial charge in [0.25, 0.3) is 11.8 Å². The number of piperazine rings is 2. The molecule has 0 bridgehead atoms. The van der Waals surface area contributed by atoms with Gasteiger partial charge in [0, 0.05) is 84.7 Å². The van der Waals surface area contributed by atoms with Crippen LogP contribution in [0.3, 0.4) is 0 Å². The summed E-state index contributed by atoms with van der Waals surface area (Å²) in [6.07, 6.45) is -7.23. The third-order valence-electron chi connectivity index (χ3n) is 15.6. The van der Waals surface area contributed by atoms with Crippen LogP contribution in [-0.4, -0.2) is 160 Å². The van der Waals surface area contributed by atoms with E-state index >= 15 is 0 Å². The number of hydrogen-bond donors (Lipinski definition) is 4. The van der Waals surface area contributed by atoms with Crippen LogP contribution >= 0.6 is 0 Å². The molecule has 4 aromatic carbocycles. The highest BCUT2D eigenvalue weighted by Crippen LogP contribution is 2.40. The number of alkyl halides is 6. The lowest BCUT2D eigenvalue weighted by Crippen LogP contribution is -2.55. The number of ether oxygens (including phenoxy) is 2. The van der Waals surface area contributed by atoms with E-state index in [9.17, 15) is 56.4 Å². The van der Waals surface area contributed by atoms with Crippen molar-refractivity contribution in [1.82, 2.24) is 48.8 Å². The van der Waals surface area contributed by atoms with E-state index in [-0.39, 0.29) is 109 Å². The molecule has 24 heteroatoms. The van der Waals surface area contributed by atoms with Crippen molar-refractivity contribution >= 4 is 23.1 Å². The Morgan fingerprint density at radius 3 is 1.23 bits per heavy atom. The predicted octanol–water partition coefficient (Wildman–Crippen LogP) is 8.21. The van der Waals surface area contributed by atoms with Gasteiger partial charge in [-0.15, -0.1) is 0 Å². The third kappa shape index (κ3) is 11.9. The SMILES string of the molecule is COc1ccccc1[C@@H](CO)N1CCN(C(=O)c2cnn3c(C(F)(F)F)c(C)c(-c4ccc(CO)cc4)nc23)[C@H](C)C1.COc1ccccc1[C@H](CO)N1CCN(C(=O)c2cnn3c(C(F)(F)F)c(C)c(-c4ccc(CO)cc4)nc23)[C@H](C)C1. The molecule has 10 rings (SSSR count). The van der Waals surface area contributed by atoms with Gasteiger partial charge in [0.15, 0.2) is 22.7 Å². The quantitative estimate of drug-likeness (QED) is 0.0758. The number of nitrogens with zero attached hydrogens (tertiary/aromatic N) is 10. The molecule has 0 radical (unpaired) electrons. The Labute approximate surface area is 479 Å². The minimum Gasteiger partial charge on any atom is -0.496 e. The second-order valence-corrected chi connectivity index (χ2v) is 20.7. The summed E-state index contributed by atoms with van der Waals surface area (Å²) in [5.41, 5.74) is 1.19. The van der Waals surface area contributed by atoms with E-state index in [0.717, 1.165) is 23.5 Å². The lowest BCUT2D eigenvalue weighted by Gasteiger charge is -2.43. The summed E-state index contributed by atoms with van der Waals surface area (Å²) in [5, 5.41) is 47.1. The van der Waals surface area contributed by atoms with Gasteiger partial charge in [0.05, 0.1) is 76.5 Å². The van der Waals surface area contributed by atoms with E-state index < -0.39 is 35.6 Å². The fourth-order valence-electron chi connectivity index (χ4n) is 11.4. The van der Waals surface area contributed by atoms with Crippen molar-refractivity contribution < 1.29 is 65.8 Å². The summed E-state index contributed by atoms with van der Waals surface area (Å²) < 4.78 is 98.2. The number of fused-ring (bicyclic) bond motifs is 2. The topological polar surface area (TPSA) is 207 Å². The molecule has 2 aliphatic rings. The smallest absolute Gasteiger partial charge is 0.433 e. The van der Waals surface area contributed by atoms with Crippen LogP contribution in [0.4, 0.5) is 26.3 Å². The monoisotopic (exact) mass is 1170 g/mol. The number of aliphatic hydroxyl groups excluding tert-OH is 4. The number of methoxy groups -OCH3 is 2. The number of carbonyl (C=O) groups excluding carboxylic acids is 2. The number of hydrogen-bond acceptors (Lipinski definition) is 14. The standard InChI is InChI=1S/2C30H32F3N5O4/c2*1-18-15-36(24(17-40)22-6-4-5-7-25(22)42-3)12-13-37(18)29(41)23-14-34-38-27(30(31,32)33)19(2)26(35-28(23)38)21-10-8-20(16-39)9-11-21/h2*4-11,14,18,24,39-40H,12-13,15-17H2,1-3H3/t18-,24+;18-,24-/m11/s1. The van der Waals surface area contributed by atoms with E-state index in [1.54, 1.807) is 72.6 Å². The molecule has 2 aliphatic heterocycles. The molecule has 2 saturated heterocycles. The summed E-state index contributed by atoms with van der Waals surface area (Å²) in [7, 11) is 3.13. The lowest BCUT2D eigenvalue weighted by atomic mass is 10.0. The first-order valence-electron chi connectivity index (χ1n) is 27.1. The fourth-order valence-corrected chi connectivity index (χ4v) is 11.4. The Hall–Kier alpha value is -8.00. The molecule has 0 spiro atoms. The highest BCUT2D eigenvalue weighted by Gasteiger charge is 2.42. The molecule has 84 heavy (non-hydrogen) atoms. The van der Waals surface area contributed by atoms with E-state index in [4.69, 9.17) is 9.47 Å². The van der Waals surface area contributed by atoms with Crippen LogP contribution in [0.2, 0.25) is 0 Å². The first-order valence-corrected chi connectivity index (χ1v) is 27.1. The zero-order valence-corrected chi connectivity index (χ0v) is 46.9. The van der Waals surface area contributed by atoms with Gasteiger partial charge >= 0.3 is 12.4 Å². The van der Waals surface area contributed by atoms with Gasteiger partial charge in [0.2, 0.25) is 0 Å². The van der Waals surface area contributed by atoms with Gasteiger partial charge in [-0.1, -0.05) is 84.9 Å². The maximum Gasteiger partial charge on any atom is 0.433 e. The number of aliphatic hydroxyl groups is 4. The Morgan fingerprint density at radius 2 is 0.917 bits per heavy atom. The van der Waals surface area contributed by atoms with Crippen molar-refractivity contribution in [3.8, 4) is 34.0 Å². The van der Waals surface area contributed by atoms with Crippen LogP contribution in [0, 0.1) is 13.8 Å². The number of para-hydroxylation sites is 2. The Morgan fingerprint density at radius 1 is 0.560 bits per heavy atom. The van der Waals surface area contributed by atoms with E-state index in [2.05, 4.69) is 30.0 Å². The van der Waals surface area contributed by atoms with Crippen LogP contribution in [0.1, 0.15) is 91.4 Å². The lowest BCUT2D eigenvalue weighted by molar-refractivity contribution is -0.144. The second kappa shape index (κ2) is 25.1. The van der Waals surface area contributed by atoms with Crippen LogP contribution in [0.15, 0.2) is 109 Å². The highest BCUT2D eigenvalue weighted by atomic mass is 19.4. The number of rotatable bonds is 14. The summed E-state index contributed by atoms with van der Waals surface area (Å²) >= 11 is 0. The van der Waals surface area contributed by atoms with Gasteiger partial charge in [-0.2, -0.15) is 36.5 Å². The molecule has 8 aromatic rings. The maximum atomic E-state index is 14.3. The van der Waals surface area contributed by atoms with E-state index in [1.807, 2.05) is 62.4 Å². The molecule has 4 N–H and O–H groups in total. The molecule has 6 heterocycles. The molecular weight excluding hydrogens is 1100 g/mol. The highest BCUT2D eigenvalue weighted by molar-refractivity contribution is 6.01. The Bertz CT molecular complexity index is 3410. The fraction of sp³-hybridized carbons (Fsp3) is 0.367. The number of carbonyl (C=O) groups is 2. The third-order valence-corrected chi connectivity index (χ3v) is 15.6. The largest absolute Gasteiger partial charge is 0.496 e. The second-order valence-electron chi connectivity index (χ2n) is 20.7. The average Bonchev–Trinajstić information content (AvgIpc) is 1.86. The van der Waals surface area contributed by atoms with E-state index in [1.165, 1.54) is 13.8 Å². The Kier molecular flexibility index (Phi) is 18.1. The first kappa shape index (κ1) is 60.6. The van der Waals surface area contributed by atoms with Gasteiger partial charge in [-0.05, 0) is 51.0 Å². The molecule has 444 valence electrons. The summed E-state index contributed by atoms with van der Waals surface area (Å²) in [5.74, 6) is 0.359. The first-order chi connectivity index (χ1) is 40.2. The number of amides is 2. The number of benzene rings is 4. The van der Waals surface area contributed by atoms with Crippen LogP contribution in [0.25, 0.3) is 33.8 Å². The Balaban J connectivity index is 0.000000202. The van der Waals surface area contributed by atoms with Crippen molar-refractivity contribution in [2.45, 2.75) is 77.4 Å². The van der Waals surface area contributed by atoms with Crippen molar-refractivity contribution in [1.29, 1.82) is 0 Å². The molecule has 18 nitrogen and oxygen atoms in total. The van der Waals surface area contributed by atoms with Crippen molar-refractivity contribution in [3.05, 3.63) is 165 Å². The molecule has 0 unspecified atom stereocenters. The van der Waals surface area contributed by atoms with Gasteiger partial charge in [-0.3, -0.25) is 19.4 Å². The zero-order chi connectivity index (χ0) is 60.4. The summed E-state index contributed by atoms with van der Waals surface area (Å²) in [6.45, 7) is 7.96. The van der Waals surface area contributed by atoms with Gasteiger partial charge < -0.3 is 39.7 Å². The number of halogens is 6. The predicted molar refractivity (Wildman–Crippen MR) is 298 cm³/mol. The molecule has 0 saturated carbocycles. The van der Waals surface area contributed by atoms with Crippen molar-refractivity contribution in [3.63, 3.8) is 0 Å². The maximum absolute atomic E-state index is 14.3. The van der Waals surface area contributed by atoms with E-state index in [0.29, 0.717) is 69.0 Å². The minimum atomic E-state index is -4.76. The normalized spacial score (nSPS) is 17.0. The van der Waals surface area contributed by atoms with Crippen LogP contribution in [-0.2, 0) is 25.6 Å². The molecule has 4 aromatic heterocycles. The van der Waals surface area contributed by atoms with Crippen molar-refractivity contribution in [2.24, 2.45) is 0 Å². The summed E-state index contributed by atoms with van der Waals surface area (Å²) in [4.78, 5) is 44.0. The molecule has 2 amide bonds. The van der Waals surface area contributed by atoms with Gasteiger partial charge in [-0.25, -0.2) is 19.0 Å². The zero-order valence-electron chi connectivity index (χ0n) is 46.9. The minimum absolute atomic E-state index is 0.0301. The van der Waals surface area contributed by atoms with Gasteiger partial charge in [0.1, 0.15) is 22.6 Å². The van der Waals surface area contributed by atoms with Crippen LogP contribution in [0.5, 0.6) is 11.5 Å². The molecule has 2 fully saturated rings. The van der Waals surface area contributed by atoms with Crippen molar-refractivity contribution in [2.75, 3.05) is 66.7 Å². The number of aromatic nitrogens is 6. The molecule has 4 atom stereocenters. The van der Waals surface area contributed by atoms with Crippen LogP contribution < -0.4 is 9.47 Å². The molecule has 0 aliphatic carbocycles. The average molecular weight is 1170 g/mol. The summed E-state index contributed by atoms with van der Waals surface area (Å²) in [6, 6.07) is 26.4.